The summed E-state index contributed by atoms with van der Waals surface area (Å²) in [5.41, 5.74) is 7.41. The van der Waals surface area contributed by atoms with Crippen LogP contribution < -0.4 is 11.1 Å². The van der Waals surface area contributed by atoms with Gasteiger partial charge in [-0.2, -0.15) is 0 Å². The van der Waals surface area contributed by atoms with Gasteiger partial charge in [0.05, 0.1) is 0 Å². The third-order valence-corrected chi connectivity index (χ3v) is 4.03. The van der Waals surface area contributed by atoms with Crippen LogP contribution in [0.25, 0.3) is 0 Å². The number of nitrogens with two attached hydrogens (primary N) is 1. The molecule has 6 heteroatoms. The summed E-state index contributed by atoms with van der Waals surface area (Å²) in [6.45, 7) is 0.459. The highest BCUT2D eigenvalue weighted by Crippen LogP contribution is 2.32. The number of halogens is 1. The molecular formula is C17H20ClN3O2. The molecule has 1 aliphatic carbocycles. The number of hydrogen-bond donors (Lipinski definition) is 3. The summed E-state index contributed by atoms with van der Waals surface area (Å²) in [5.74, 6) is 0.317. The Bertz CT molecular complexity index is 664. The summed E-state index contributed by atoms with van der Waals surface area (Å²) in [7, 11) is 0. The Morgan fingerprint density at radius 2 is 1.78 bits per heavy atom. The van der Waals surface area contributed by atoms with Crippen LogP contribution in [0.2, 0.25) is 0 Å². The normalized spacial score (nSPS) is 14.7. The van der Waals surface area contributed by atoms with Gasteiger partial charge < -0.3 is 16.0 Å². The van der Waals surface area contributed by atoms with Gasteiger partial charge in [0.25, 0.3) is 5.91 Å². The van der Waals surface area contributed by atoms with Crippen molar-refractivity contribution >= 4 is 24.1 Å². The largest absolute Gasteiger partial charge is 0.367 e. The topological polar surface area (TPSA) is 88.0 Å². The van der Waals surface area contributed by atoms with E-state index < -0.39 is 0 Å². The van der Waals surface area contributed by atoms with Crippen molar-refractivity contribution in [1.82, 2.24) is 10.3 Å². The zero-order valence-electron chi connectivity index (χ0n) is 12.6. The van der Waals surface area contributed by atoms with Crippen LogP contribution in [0.1, 0.15) is 39.1 Å². The maximum absolute atomic E-state index is 12.2. The molecule has 0 bridgehead atoms. The molecule has 4 N–H and O–H groups in total. The molecule has 0 saturated heterocycles. The number of carbonyl (C=O) groups is 2. The van der Waals surface area contributed by atoms with Gasteiger partial charge in [0.15, 0.2) is 5.78 Å². The third-order valence-electron chi connectivity index (χ3n) is 4.03. The summed E-state index contributed by atoms with van der Waals surface area (Å²) in [6.07, 6.45) is 5.63. The molecule has 1 aromatic carbocycles. The monoisotopic (exact) mass is 333 g/mol. The quantitative estimate of drug-likeness (QED) is 0.708. The Labute approximate surface area is 141 Å². The molecular weight excluding hydrogens is 314 g/mol. The van der Waals surface area contributed by atoms with Gasteiger partial charge in [-0.05, 0) is 37.0 Å². The average Bonchev–Trinajstić information content (AvgIpc) is 3.25. The van der Waals surface area contributed by atoms with Crippen LogP contribution >= 0.6 is 12.4 Å². The second-order valence-electron chi connectivity index (χ2n) is 5.66. The highest BCUT2D eigenvalue weighted by atomic mass is 35.5. The van der Waals surface area contributed by atoms with Crippen LogP contribution in [0.3, 0.4) is 0 Å². The number of hydrogen-bond acceptors (Lipinski definition) is 3. The van der Waals surface area contributed by atoms with Crippen LogP contribution in [0.15, 0.2) is 42.7 Å². The molecule has 23 heavy (non-hydrogen) atoms. The number of aromatic amines is 1. The maximum Gasteiger partial charge on any atom is 0.251 e. The van der Waals surface area contributed by atoms with Crippen molar-refractivity contribution in [2.75, 3.05) is 6.54 Å². The number of aromatic nitrogens is 1. The summed E-state index contributed by atoms with van der Waals surface area (Å²) in [6, 6.07) is 8.49. The minimum atomic E-state index is -0.136. The Hall–Kier alpha value is -2.11. The fourth-order valence-electron chi connectivity index (χ4n) is 2.52. The van der Waals surface area contributed by atoms with Crippen LogP contribution in [0.4, 0.5) is 0 Å². The van der Waals surface area contributed by atoms with E-state index in [-0.39, 0.29) is 30.1 Å². The highest BCUT2D eigenvalue weighted by Gasteiger charge is 2.31. The molecule has 1 aliphatic rings. The van der Waals surface area contributed by atoms with Gasteiger partial charge in [0, 0.05) is 41.7 Å². The highest BCUT2D eigenvalue weighted by molar-refractivity contribution is 6.09. The lowest BCUT2D eigenvalue weighted by atomic mass is 10.0. The van der Waals surface area contributed by atoms with Crippen molar-refractivity contribution in [2.45, 2.75) is 18.9 Å². The first-order chi connectivity index (χ1) is 10.7. The number of benzene rings is 1. The first-order valence-corrected chi connectivity index (χ1v) is 7.47. The molecule has 0 aliphatic heterocycles. The molecule has 122 valence electrons. The van der Waals surface area contributed by atoms with Gasteiger partial charge in [-0.25, -0.2) is 0 Å². The number of amides is 1. The average molecular weight is 334 g/mol. The maximum atomic E-state index is 12.2. The van der Waals surface area contributed by atoms with E-state index in [2.05, 4.69) is 10.3 Å². The van der Waals surface area contributed by atoms with Crippen molar-refractivity contribution in [2.24, 2.45) is 11.7 Å². The second kappa shape index (κ2) is 7.44. The predicted molar refractivity (Wildman–Crippen MR) is 90.9 cm³/mol. The Balaban J connectivity index is 0.00000192. The van der Waals surface area contributed by atoms with E-state index in [9.17, 15) is 9.59 Å². The van der Waals surface area contributed by atoms with Gasteiger partial charge in [-0.1, -0.05) is 12.1 Å². The molecule has 1 heterocycles. The van der Waals surface area contributed by atoms with Gasteiger partial charge in [0.2, 0.25) is 0 Å². The number of H-pyrrole nitrogens is 1. The van der Waals surface area contributed by atoms with Crippen molar-refractivity contribution in [1.29, 1.82) is 0 Å². The number of rotatable bonds is 6. The number of nitrogens with one attached hydrogen (secondary N) is 2. The smallest absolute Gasteiger partial charge is 0.251 e. The summed E-state index contributed by atoms with van der Waals surface area (Å²) in [5, 5.41) is 2.97. The molecule has 3 rings (SSSR count). The molecule has 2 aromatic rings. The van der Waals surface area contributed by atoms with Crippen LogP contribution in [-0.2, 0) is 0 Å². The van der Waals surface area contributed by atoms with E-state index in [0.29, 0.717) is 29.2 Å². The molecule has 1 fully saturated rings. The van der Waals surface area contributed by atoms with Crippen molar-refractivity contribution in [3.05, 3.63) is 59.4 Å². The molecule has 1 saturated carbocycles. The standard InChI is InChI=1S/C17H19N3O2.ClH/c18-9-15(11-1-2-11)20-17(22)13-5-3-12(4-6-13)16(21)14-7-8-19-10-14;/h3-8,10-11,15,19H,1-2,9,18H2,(H,20,22);1H. The molecule has 1 aromatic heterocycles. The number of ketones is 1. The predicted octanol–water partition coefficient (Wildman–Crippen LogP) is 2.13. The molecule has 1 atom stereocenters. The van der Waals surface area contributed by atoms with Crippen molar-refractivity contribution in [3.8, 4) is 0 Å². The molecule has 5 nitrogen and oxygen atoms in total. The van der Waals surface area contributed by atoms with Crippen LogP contribution in [-0.4, -0.2) is 29.3 Å². The zero-order chi connectivity index (χ0) is 15.5. The molecule has 1 unspecified atom stereocenters. The zero-order valence-corrected chi connectivity index (χ0v) is 13.4. The van der Waals surface area contributed by atoms with E-state index in [4.69, 9.17) is 5.73 Å². The van der Waals surface area contributed by atoms with E-state index in [1.807, 2.05) is 0 Å². The Morgan fingerprint density at radius 1 is 1.13 bits per heavy atom. The minimum absolute atomic E-state index is 0. The molecule has 1 amide bonds. The minimum Gasteiger partial charge on any atom is -0.367 e. The van der Waals surface area contributed by atoms with Crippen LogP contribution in [0.5, 0.6) is 0 Å². The number of carbonyl (C=O) groups excluding carboxylic acids is 2. The lowest BCUT2D eigenvalue weighted by Gasteiger charge is -2.16. The van der Waals surface area contributed by atoms with Crippen molar-refractivity contribution < 1.29 is 9.59 Å². The van der Waals surface area contributed by atoms with Gasteiger partial charge in [0.1, 0.15) is 0 Å². The van der Waals surface area contributed by atoms with E-state index in [1.165, 1.54) is 0 Å². The molecule has 0 spiro atoms. The van der Waals surface area contributed by atoms with Crippen molar-refractivity contribution in [3.63, 3.8) is 0 Å². The Morgan fingerprint density at radius 3 is 2.30 bits per heavy atom. The summed E-state index contributed by atoms with van der Waals surface area (Å²) >= 11 is 0. The fourth-order valence-corrected chi connectivity index (χ4v) is 2.52. The lowest BCUT2D eigenvalue weighted by molar-refractivity contribution is 0.0932. The Kier molecular flexibility index (Phi) is 5.58. The van der Waals surface area contributed by atoms with Crippen LogP contribution in [0, 0.1) is 5.92 Å². The third kappa shape index (κ3) is 4.00. The fraction of sp³-hybridized carbons (Fsp3) is 0.294. The first-order valence-electron chi connectivity index (χ1n) is 7.47. The lowest BCUT2D eigenvalue weighted by Crippen LogP contribution is -2.41. The molecule has 0 radical (unpaired) electrons. The SMILES string of the molecule is Cl.NCC(NC(=O)c1ccc(C(=O)c2cc[nH]c2)cc1)C1CC1. The van der Waals surface area contributed by atoms with Gasteiger partial charge in [-0.3, -0.25) is 9.59 Å². The van der Waals surface area contributed by atoms with E-state index >= 15 is 0 Å². The summed E-state index contributed by atoms with van der Waals surface area (Å²) in [4.78, 5) is 27.2. The van der Waals surface area contributed by atoms with E-state index in [0.717, 1.165) is 12.8 Å². The summed E-state index contributed by atoms with van der Waals surface area (Å²) < 4.78 is 0. The van der Waals surface area contributed by atoms with E-state index in [1.54, 1.807) is 42.7 Å². The van der Waals surface area contributed by atoms with Gasteiger partial charge >= 0.3 is 0 Å². The first kappa shape index (κ1) is 17.2. The second-order valence-corrected chi connectivity index (χ2v) is 5.66. The van der Waals surface area contributed by atoms with Gasteiger partial charge in [-0.15, -0.1) is 12.4 Å².